The van der Waals surface area contributed by atoms with Crippen molar-refractivity contribution in [2.75, 3.05) is 5.32 Å². The van der Waals surface area contributed by atoms with Gasteiger partial charge in [-0.15, -0.1) is 5.10 Å². The van der Waals surface area contributed by atoms with Crippen molar-refractivity contribution in [1.29, 1.82) is 0 Å². The maximum absolute atomic E-state index is 11.9. The molecule has 3 aromatic rings. The van der Waals surface area contributed by atoms with E-state index in [0.29, 0.717) is 11.5 Å². The first kappa shape index (κ1) is 10.5. The van der Waals surface area contributed by atoms with Gasteiger partial charge in [0.25, 0.3) is 5.91 Å². The topological polar surface area (TPSA) is 96.7 Å². The molecule has 0 fully saturated rings. The lowest BCUT2D eigenvalue weighted by molar-refractivity contribution is 0.102. The molecule has 7 nitrogen and oxygen atoms in total. The van der Waals surface area contributed by atoms with Gasteiger partial charge in [-0.05, 0) is 12.1 Å². The fourth-order valence-electron chi connectivity index (χ4n) is 1.59. The van der Waals surface area contributed by atoms with Crippen molar-refractivity contribution >= 4 is 22.8 Å². The second-order valence-electron chi connectivity index (χ2n) is 3.75. The fraction of sp³-hybridized carbons (Fsp3) is 0.0909. The molecule has 90 valence electrons. The predicted octanol–water partition coefficient (Wildman–Crippen LogP) is 1.51. The highest BCUT2D eigenvalue weighted by Crippen LogP contribution is 2.14. The van der Waals surface area contributed by atoms with Gasteiger partial charge in [0.1, 0.15) is 0 Å². The lowest BCUT2D eigenvalue weighted by atomic mass is 10.1. The van der Waals surface area contributed by atoms with E-state index in [-0.39, 0.29) is 11.9 Å². The fourth-order valence-corrected chi connectivity index (χ4v) is 1.59. The Hall–Kier alpha value is -2.70. The number of aromatic nitrogens is 4. The lowest BCUT2D eigenvalue weighted by Crippen LogP contribution is -2.11. The molecule has 0 atom stereocenters. The Labute approximate surface area is 101 Å². The van der Waals surface area contributed by atoms with Crippen LogP contribution in [-0.4, -0.2) is 26.3 Å². The Balaban J connectivity index is 1.87. The maximum atomic E-state index is 11.9. The highest BCUT2D eigenvalue weighted by Gasteiger charge is 2.11. The summed E-state index contributed by atoms with van der Waals surface area (Å²) < 4.78 is 5.07. The minimum atomic E-state index is -0.310. The van der Waals surface area contributed by atoms with Crippen LogP contribution in [0.5, 0.6) is 0 Å². The molecular formula is C11H9N5O2. The standard InChI is InChI=1S/C11H9N5O2/c1-6-14-16-11(18-6)13-10(17)7-2-3-8-5-12-15-9(8)4-7/h2-5H,1H3,(H,12,15)(H,13,16,17). The Morgan fingerprint density at radius 2 is 2.28 bits per heavy atom. The Morgan fingerprint density at radius 1 is 1.39 bits per heavy atom. The van der Waals surface area contributed by atoms with Crippen LogP contribution in [0, 0.1) is 6.92 Å². The summed E-state index contributed by atoms with van der Waals surface area (Å²) >= 11 is 0. The average Bonchev–Trinajstić information content (AvgIpc) is 2.96. The number of nitrogens with one attached hydrogen (secondary N) is 2. The quantitative estimate of drug-likeness (QED) is 0.711. The number of fused-ring (bicyclic) bond motifs is 1. The largest absolute Gasteiger partial charge is 0.408 e. The summed E-state index contributed by atoms with van der Waals surface area (Å²) in [6.07, 6.45) is 1.69. The molecule has 2 heterocycles. The van der Waals surface area contributed by atoms with E-state index < -0.39 is 0 Å². The van der Waals surface area contributed by atoms with Crippen LogP contribution < -0.4 is 5.32 Å². The van der Waals surface area contributed by atoms with Crippen molar-refractivity contribution in [3.63, 3.8) is 0 Å². The summed E-state index contributed by atoms with van der Waals surface area (Å²) in [5.41, 5.74) is 1.28. The molecule has 0 spiro atoms. The van der Waals surface area contributed by atoms with Gasteiger partial charge < -0.3 is 4.42 Å². The molecule has 0 saturated heterocycles. The number of aryl methyl sites for hydroxylation is 1. The van der Waals surface area contributed by atoms with E-state index in [1.54, 1.807) is 25.3 Å². The van der Waals surface area contributed by atoms with Crippen molar-refractivity contribution in [1.82, 2.24) is 20.4 Å². The second kappa shape index (κ2) is 3.95. The third-order valence-corrected chi connectivity index (χ3v) is 2.45. The lowest BCUT2D eigenvalue weighted by Gasteiger charge is -2.00. The van der Waals surface area contributed by atoms with Gasteiger partial charge in [-0.2, -0.15) is 5.10 Å². The van der Waals surface area contributed by atoms with Crippen LogP contribution in [-0.2, 0) is 0 Å². The third kappa shape index (κ3) is 1.81. The summed E-state index contributed by atoms with van der Waals surface area (Å²) in [7, 11) is 0. The van der Waals surface area contributed by atoms with Gasteiger partial charge in [-0.3, -0.25) is 15.2 Å². The van der Waals surface area contributed by atoms with Crippen LogP contribution >= 0.6 is 0 Å². The average molecular weight is 243 g/mol. The van der Waals surface area contributed by atoms with Gasteiger partial charge in [0, 0.05) is 17.9 Å². The molecule has 1 aromatic carbocycles. The predicted molar refractivity (Wildman–Crippen MR) is 63.1 cm³/mol. The number of aromatic amines is 1. The number of benzene rings is 1. The van der Waals surface area contributed by atoms with Gasteiger partial charge in [-0.25, -0.2) is 0 Å². The zero-order valence-corrected chi connectivity index (χ0v) is 9.47. The second-order valence-corrected chi connectivity index (χ2v) is 3.75. The SMILES string of the molecule is Cc1nnc(NC(=O)c2ccc3cn[nH]c3c2)o1. The molecule has 0 saturated carbocycles. The number of carbonyl (C=O) groups excluding carboxylic acids is 1. The molecule has 0 aliphatic heterocycles. The molecule has 2 N–H and O–H groups in total. The van der Waals surface area contributed by atoms with E-state index >= 15 is 0 Å². The molecule has 0 aliphatic rings. The maximum Gasteiger partial charge on any atom is 0.322 e. The minimum absolute atomic E-state index is 0.0854. The number of hydrogen-bond acceptors (Lipinski definition) is 5. The van der Waals surface area contributed by atoms with E-state index in [1.165, 1.54) is 0 Å². The van der Waals surface area contributed by atoms with E-state index in [2.05, 4.69) is 25.7 Å². The first-order valence-electron chi connectivity index (χ1n) is 5.27. The van der Waals surface area contributed by atoms with Crippen molar-refractivity contribution in [2.45, 2.75) is 6.92 Å². The van der Waals surface area contributed by atoms with E-state index in [0.717, 1.165) is 10.9 Å². The molecule has 0 bridgehead atoms. The van der Waals surface area contributed by atoms with Gasteiger partial charge >= 0.3 is 6.01 Å². The van der Waals surface area contributed by atoms with Crippen molar-refractivity contribution in [3.8, 4) is 0 Å². The van der Waals surface area contributed by atoms with Crippen LogP contribution in [0.3, 0.4) is 0 Å². The monoisotopic (exact) mass is 243 g/mol. The number of hydrogen-bond donors (Lipinski definition) is 2. The zero-order valence-electron chi connectivity index (χ0n) is 9.47. The van der Waals surface area contributed by atoms with Crippen LogP contribution in [0.1, 0.15) is 16.2 Å². The molecular weight excluding hydrogens is 234 g/mol. The number of rotatable bonds is 2. The van der Waals surface area contributed by atoms with Crippen molar-refractivity contribution < 1.29 is 9.21 Å². The highest BCUT2D eigenvalue weighted by atomic mass is 16.4. The Bertz CT molecular complexity index is 715. The first-order chi connectivity index (χ1) is 8.72. The Morgan fingerprint density at radius 3 is 3.06 bits per heavy atom. The van der Waals surface area contributed by atoms with Crippen LogP contribution in [0.2, 0.25) is 0 Å². The van der Waals surface area contributed by atoms with Crippen LogP contribution in [0.25, 0.3) is 10.9 Å². The van der Waals surface area contributed by atoms with Gasteiger partial charge in [0.15, 0.2) is 0 Å². The third-order valence-electron chi connectivity index (χ3n) is 2.45. The van der Waals surface area contributed by atoms with Gasteiger partial charge in [-0.1, -0.05) is 11.2 Å². The van der Waals surface area contributed by atoms with Gasteiger partial charge in [0.2, 0.25) is 5.89 Å². The molecule has 7 heteroatoms. The summed E-state index contributed by atoms with van der Waals surface area (Å²) in [5.74, 6) is 0.0875. The first-order valence-corrected chi connectivity index (χ1v) is 5.27. The van der Waals surface area contributed by atoms with Crippen molar-refractivity contribution in [3.05, 3.63) is 35.9 Å². The molecule has 0 aliphatic carbocycles. The Kier molecular flexibility index (Phi) is 2.30. The highest BCUT2D eigenvalue weighted by molar-refractivity contribution is 6.05. The van der Waals surface area contributed by atoms with E-state index in [4.69, 9.17) is 4.42 Å². The summed E-state index contributed by atoms with van der Waals surface area (Å²) in [4.78, 5) is 11.9. The van der Waals surface area contributed by atoms with E-state index in [1.807, 2.05) is 6.07 Å². The normalized spacial score (nSPS) is 10.7. The molecule has 1 amide bonds. The number of anilines is 1. The summed E-state index contributed by atoms with van der Waals surface area (Å²) in [6.45, 7) is 1.65. The number of nitrogens with zero attached hydrogens (tertiary/aromatic N) is 3. The number of H-pyrrole nitrogens is 1. The molecule has 18 heavy (non-hydrogen) atoms. The molecule has 0 unspecified atom stereocenters. The smallest absolute Gasteiger partial charge is 0.322 e. The van der Waals surface area contributed by atoms with Crippen LogP contribution in [0.15, 0.2) is 28.8 Å². The zero-order chi connectivity index (χ0) is 12.5. The minimum Gasteiger partial charge on any atom is -0.408 e. The summed E-state index contributed by atoms with van der Waals surface area (Å²) in [6, 6.07) is 5.31. The molecule has 0 radical (unpaired) electrons. The molecule has 2 aromatic heterocycles. The van der Waals surface area contributed by atoms with Crippen molar-refractivity contribution in [2.24, 2.45) is 0 Å². The summed E-state index contributed by atoms with van der Waals surface area (Å²) in [5, 5.41) is 17.5. The number of carbonyl (C=O) groups is 1. The van der Waals surface area contributed by atoms with Gasteiger partial charge in [0.05, 0.1) is 11.7 Å². The van der Waals surface area contributed by atoms with E-state index in [9.17, 15) is 4.79 Å². The molecule has 3 rings (SSSR count). The number of amides is 1. The van der Waals surface area contributed by atoms with Crippen LogP contribution in [0.4, 0.5) is 6.01 Å².